The molecule has 4 aromatic rings. The van der Waals surface area contributed by atoms with Gasteiger partial charge in [0.1, 0.15) is 49.9 Å². The number of halogens is 1. The Kier molecular flexibility index (Phi) is 6.59. The molecular weight excluding hydrogens is 470 g/mol. The van der Waals surface area contributed by atoms with Crippen LogP contribution in [0.1, 0.15) is 27.2 Å². The van der Waals surface area contributed by atoms with Crippen LogP contribution in [0.4, 0.5) is 0 Å². The highest BCUT2D eigenvalue weighted by atomic mass is 35.5. The number of rotatable bonds is 8. The predicted molar refractivity (Wildman–Crippen MR) is 130 cm³/mol. The van der Waals surface area contributed by atoms with Gasteiger partial charge in [-0.2, -0.15) is 0 Å². The Morgan fingerprint density at radius 1 is 1.00 bits per heavy atom. The maximum absolute atomic E-state index is 11.5. The molecule has 1 aromatic heterocycles. The van der Waals surface area contributed by atoms with Crippen molar-refractivity contribution in [3.8, 4) is 34.1 Å². The lowest BCUT2D eigenvalue weighted by atomic mass is 9.96. The number of hydrogen-bond acceptors (Lipinski definition) is 7. The Bertz CT molecular complexity index is 1350. The topological polar surface area (TPSA) is 80.0 Å². The summed E-state index contributed by atoms with van der Waals surface area (Å²) < 4.78 is 28.1. The van der Waals surface area contributed by atoms with Crippen LogP contribution in [0.5, 0.6) is 23.0 Å². The van der Waals surface area contributed by atoms with Gasteiger partial charge in [-0.05, 0) is 47.4 Å². The van der Waals surface area contributed by atoms with E-state index in [-0.39, 0.29) is 13.2 Å². The van der Waals surface area contributed by atoms with Gasteiger partial charge in [-0.15, -0.1) is 0 Å². The number of carbonyl (C=O) groups excluding carboxylic acids is 1. The standard InChI is InChI=1S/C27H22ClNO6/c1-17-19(3-2-4-22(17)18-5-6-24-27(10-18)33-8-7-32-24)13-34-26-11-25(20(12-30)9-23(26)28)35-15-21-14-31-16-29-21/h2-6,9-12,14,16H,7-8,13,15H2,1H3. The van der Waals surface area contributed by atoms with Gasteiger partial charge in [0.2, 0.25) is 0 Å². The van der Waals surface area contributed by atoms with Gasteiger partial charge in [-0.25, -0.2) is 4.98 Å². The van der Waals surface area contributed by atoms with E-state index in [1.54, 1.807) is 6.07 Å². The predicted octanol–water partition coefficient (Wildman–Crippen LogP) is 6.05. The molecule has 0 unspecified atom stereocenters. The average molecular weight is 492 g/mol. The van der Waals surface area contributed by atoms with Crippen LogP contribution in [-0.4, -0.2) is 24.5 Å². The number of benzene rings is 3. The second kappa shape index (κ2) is 10.1. The van der Waals surface area contributed by atoms with E-state index in [1.165, 1.54) is 18.7 Å². The molecule has 178 valence electrons. The normalized spacial score (nSPS) is 12.3. The zero-order valence-electron chi connectivity index (χ0n) is 19.0. The maximum Gasteiger partial charge on any atom is 0.180 e. The van der Waals surface area contributed by atoms with E-state index < -0.39 is 0 Å². The highest BCUT2D eigenvalue weighted by Crippen LogP contribution is 2.37. The molecule has 8 heteroatoms. The van der Waals surface area contributed by atoms with Gasteiger partial charge in [0, 0.05) is 6.07 Å². The number of nitrogens with zero attached hydrogens (tertiary/aromatic N) is 1. The number of oxazole rings is 1. The summed E-state index contributed by atoms with van der Waals surface area (Å²) in [6, 6.07) is 15.1. The number of hydrogen-bond donors (Lipinski definition) is 0. The molecule has 1 aliphatic heterocycles. The van der Waals surface area contributed by atoms with Crippen molar-refractivity contribution < 1.29 is 28.2 Å². The fourth-order valence-corrected chi connectivity index (χ4v) is 4.08. The van der Waals surface area contributed by atoms with Crippen LogP contribution in [0, 0.1) is 6.92 Å². The van der Waals surface area contributed by atoms with Gasteiger partial charge < -0.3 is 23.4 Å². The molecular formula is C27H22ClNO6. The van der Waals surface area contributed by atoms with E-state index in [0.717, 1.165) is 33.8 Å². The molecule has 0 aliphatic carbocycles. The van der Waals surface area contributed by atoms with E-state index in [2.05, 4.69) is 11.1 Å². The quantitative estimate of drug-likeness (QED) is 0.278. The van der Waals surface area contributed by atoms with Gasteiger partial charge in [0.15, 0.2) is 24.2 Å². The van der Waals surface area contributed by atoms with E-state index in [0.29, 0.717) is 47.3 Å². The molecule has 0 saturated heterocycles. The Hall–Kier alpha value is -3.97. The number of aldehydes is 1. The molecule has 0 amide bonds. The first kappa shape index (κ1) is 22.8. The van der Waals surface area contributed by atoms with Gasteiger partial charge in [0.05, 0.1) is 10.6 Å². The average Bonchev–Trinajstić information content (AvgIpc) is 3.41. The summed E-state index contributed by atoms with van der Waals surface area (Å²) in [5.74, 6) is 2.27. The van der Waals surface area contributed by atoms with Gasteiger partial charge in [0.25, 0.3) is 0 Å². The van der Waals surface area contributed by atoms with Crippen molar-refractivity contribution in [3.05, 3.63) is 88.6 Å². The molecule has 35 heavy (non-hydrogen) atoms. The first-order valence-electron chi connectivity index (χ1n) is 11.0. The summed E-state index contributed by atoms with van der Waals surface area (Å²) in [4.78, 5) is 15.5. The number of aromatic nitrogens is 1. The summed E-state index contributed by atoms with van der Waals surface area (Å²) in [5, 5.41) is 0.321. The monoisotopic (exact) mass is 491 g/mol. The van der Waals surface area contributed by atoms with Crippen molar-refractivity contribution >= 4 is 17.9 Å². The number of fused-ring (bicyclic) bond motifs is 1. The maximum atomic E-state index is 11.5. The molecule has 0 N–H and O–H groups in total. The molecule has 3 aromatic carbocycles. The van der Waals surface area contributed by atoms with Crippen LogP contribution in [0.15, 0.2) is 65.6 Å². The number of ether oxygens (including phenoxy) is 4. The van der Waals surface area contributed by atoms with Crippen molar-refractivity contribution in [1.29, 1.82) is 0 Å². The second-order valence-electron chi connectivity index (χ2n) is 7.94. The first-order chi connectivity index (χ1) is 17.1. The summed E-state index contributed by atoms with van der Waals surface area (Å²) in [6.45, 7) is 3.58. The Balaban J connectivity index is 1.36. The Morgan fingerprint density at radius 2 is 1.83 bits per heavy atom. The molecule has 0 radical (unpaired) electrons. The van der Waals surface area contributed by atoms with E-state index in [9.17, 15) is 4.79 Å². The fraction of sp³-hybridized carbons (Fsp3) is 0.185. The fourth-order valence-electron chi connectivity index (χ4n) is 3.86. The van der Waals surface area contributed by atoms with Crippen LogP contribution < -0.4 is 18.9 Å². The zero-order valence-corrected chi connectivity index (χ0v) is 19.7. The van der Waals surface area contributed by atoms with Crippen molar-refractivity contribution in [2.24, 2.45) is 0 Å². The van der Waals surface area contributed by atoms with Crippen LogP contribution in [0.3, 0.4) is 0 Å². The third-order valence-electron chi connectivity index (χ3n) is 5.73. The molecule has 0 saturated carbocycles. The van der Waals surface area contributed by atoms with Crippen LogP contribution in [-0.2, 0) is 13.2 Å². The van der Waals surface area contributed by atoms with E-state index in [4.69, 9.17) is 35.0 Å². The van der Waals surface area contributed by atoms with Crippen molar-refractivity contribution in [2.45, 2.75) is 20.1 Å². The lowest BCUT2D eigenvalue weighted by Crippen LogP contribution is -2.15. The molecule has 1 aliphatic rings. The summed E-state index contributed by atoms with van der Waals surface area (Å²) in [7, 11) is 0. The van der Waals surface area contributed by atoms with Crippen LogP contribution in [0.2, 0.25) is 5.02 Å². The summed E-state index contributed by atoms with van der Waals surface area (Å²) >= 11 is 6.39. The molecule has 5 rings (SSSR count). The minimum atomic E-state index is 0.148. The molecule has 0 bridgehead atoms. The third-order valence-corrected chi connectivity index (χ3v) is 6.03. The zero-order chi connectivity index (χ0) is 24.2. The van der Waals surface area contributed by atoms with E-state index >= 15 is 0 Å². The molecule has 0 atom stereocenters. The SMILES string of the molecule is Cc1c(COc2cc(OCc3cocn3)c(C=O)cc2Cl)cccc1-c1ccc2c(c1)OCCO2. The molecule has 0 fully saturated rings. The van der Waals surface area contributed by atoms with Crippen molar-refractivity contribution in [1.82, 2.24) is 4.98 Å². The van der Waals surface area contributed by atoms with Crippen molar-refractivity contribution in [3.63, 3.8) is 0 Å². The van der Waals surface area contributed by atoms with Crippen LogP contribution in [0.25, 0.3) is 11.1 Å². The highest BCUT2D eigenvalue weighted by Gasteiger charge is 2.16. The lowest BCUT2D eigenvalue weighted by molar-refractivity contribution is 0.111. The minimum absolute atomic E-state index is 0.148. The van der Waals surface area contributed by atoms with Crippen molar-refractivity contribution in [2.75, 3.05) is 13.2 Å². The second-order valence-corrected chi connectivity index (χ2v) is 8.35. The summed E-state index contributed by atoms with van der Waals surface area (Å²) in [5.41, 5.74) is 5.10. The largest absolute Gasteiger partial charge is 0.487 e. The van der Waals surface area contributed by atoms with Gasteiger partial charge in [-0.3, -0.25) is 4.79 Å². The third kappa shape index (κ3) is 4.95. The molecule has 0 spiro atoms. The van der Waals surface area contributed by atoms with Crippen LogP contribution >= 0.6 is 11.6 Å². The highest BCUT2D eigenvalue weighted by molar-refractivity contribution is 6.32. The van der Waals surface area contributed by atoms with Gasteiger partial charge in [-0.1, -0.05) is 35.9 Å². The van der Waals surface area contributed by atoms with E-state index in [1.807, 2.05) is 37.3 Å². The Labute approximate surface area is 207 Å². The molecule has 7 nitrogen and oxygen atoms in total. The Morgan fingerprint density at radius 3 is 2.63 bits per heavy atom. The first-order valence-corrected chi connectivity index (χ1v) is 11.4. The lowest BCUT2D eigenvalue weighted by Gasteiger charge is -2.20. The number of carbonyl (C=O) groups is 1. The molecule has 2 heterocycles. The smallest absolute Gasteiger partial charge is 0.180 e. The summed E-state index contributed by atoms with van der Waals surface area (Å²) in [6.07, 6.45) is 3.48. The van der Waals surface area contributed by atoms with Gasteiger partial charge >= 0.3 is 0 Å². The minimum Gasteiger partial charge on any atom is -0.487 e.